The molecule has 18 heavy (non-hydrogen) atoms. The summed E-state index contributed by atoms with van der Waals surface area (Å²) in [5.41, 5.74) is 5.89. The molecule has 5 nitrogen and oxygen atoms in total. The van der Waals surface area contributed by atoms with E-state index in [1.54, 1.807) is 18.2 Å². The highest BCUT2D eigenvalue weighted by Gasteiger charge is 2.17. The highest BCUT2D eigenvalue weighted by molar-refractivity contribution is 5.98. The molecule has 0 unspecified atom stereocenters. The summed E-state index contributed by atoms with van der Waals surface area (Å²) in [5.74, 6) is 0.732. The van der Waals surface area contributed by atoms with Gasteiger partial charge in [0.25, 0.3) is 5.91 Å². The van der Waals surface area contributed by atoms with Gasteiger partial charge >= 0.3 is 0 Å². The predicted octanol–water partition coefficient (Wildman–Crippen LogP) is 1.20. The number of methoxy groups -OCH3 is 2. The second kappa shape index (κ2) is 7.79. The molecule has 1 aromatic rings. The number of hydrogen-bond acceptors (Lipinski definition) is 4. The Bertz CT molecular complexity index is 399. The van der Waals surface area contributed by atoms with Crippen molar-refractivity contribution in [3.63, 3.8) is 0 Å². The highest BCUT2D eigenvalue weighted by atomic mass is 35.5. The van der Waals surface area contributed by atoms with Gasteiger partial charge in [0.05, 0.1) is 19.8 Å². The average molecular weight is 275 g/mol. The molecule has 0 spiro atoms. The standard InChI is InChI=1S/C12H18N2O3.ClH/c1-8(7-13)14-12(15)9-5-4-6-10(16-2)11(9)17-3;/h4-6,8H,7,13H2,1-3H3,(H,14,15);1H/t8-;/m1./s1. The zero-order valence-electron chi connectivity index (χ0n) is 10.7. The molecule has 1 rings (SSSR count). The van der Waals surface area contributed by atoms with Gasteiger partial charge in [0.1, 0.15) is 0 Å². The fraction of sp³-hybridized carbons (Fsp3) is 0.417. The van der Waals surface area contributed by atoms with Gasteiger partial charge in [-0.25, -0.2) is 0 Å². The van der Waals surface area contributed by atoms with Gasteiger partial charge in [0.15, 0.2) is 11.5 Å². The molecule has 0 aliphatic heterocycles. The average Bonchev–Trinajstić information content (AvgIpc) is 2.37. The largest absolute Gasteiger partial charge is 0.493 e. The number of hydrogen-bond donors (Lipinski definition) is 2. The van der Waals surface area contributed by atoms with E-state index in [9.17, 15) is 4.79 Å². The van der Waals surface area contributed by atoms with E-state index in [0.29, 0.717) is 23.6 Å². The van der Waals surface area contributed by atoms with Crippen LogP contribution in [-0.4, -0.2) is 32.7 Å². The van der Waals surface area contributed by atoms with Crippen LogP contribution in [0.15, 0.2) is 18.2 Å². The van der Waals surface area contributed by atoms with Gasteiger partial charge < -0.3 is 20.5 Å². The number of ether oxygens (including phenoxy) is 2. The summed E-state index contributed by atoms with van der Waals surface area (Å²) in [6.07, 6.45) is 0. The number of nitrogens with one attached hydrogen (secondary N) is 1. The maximum atomic E-state index is 12.0. The Labute approximate surface area is 113 Å². The molecule has 1 atom stereocenters. The Morgan fingerprint density at radius 3 is 2.56 bits per heavy atom. The first-order valence-corrected chi connectivity index (χ1v) is 5.36. The molecule has 0 aromatic heterocycles. The van der Waals surface area contributed by atoms with Crippen LogP contribution in [0.5, 0.6) is 11.5 Å². The number of nitrogens with two attached hydrogens (primary N) is 1. The lowest BCUT2D eigenvalue weighted by molar-refractivity contribution is 0.0937. The van der Waals surface area contributed by atoms with Crippen molar-refractivity contribution in [3.05, 3.63) is 23.8 Å². The van der Waals surface area contributed by atoms with Crippen molar-refractivity contribution in [2.24, 2.45) is 5.73 Å². The molecule has 0 heterocycles. The summed E-state index contributed by atoms with van der Waals surface area (Å²) in [7, 11) is 3.03. The molecular formula is C12H19ClN2O3. The van der Waals surface area contributed by atoms with Gasteiger partial charge in [-0.1, -0.05) is 6.07 Å². The molecule has 1 amide bonds. The Morgan fingerprint density at radius 1 is 1.39 bits per heavy atom. The van der Waals surface area contributed by atoms with E-state index in [2.05, 4.69) is 5.32 Å². The molecular weight excluding hydrogens is 256 g/mol. The minimum atomic E-state index is -0.223. The van der Waals surface area contributed by atoms with Crippen LogP contribution in [0.2, 0.25) is 0 Å². The van der Waals surface area contributed by atoms with E-state index in [4.69, 9.17) is 15.2 Å². The number of para-hydroxylation sites is 1. The molecule has 0 bridgehead atoms. The smallest absolute Gasteiger partial charge is 0.255 e. The fourth-order valence-corrected chi connectivity index (χ4v) is 1.43. The van der Waals surface area contributed by atoms with Crippen molar-refractivity contribution in [2.75, 3.05) is 20.8 Å². The molecule has 0 aliphatic rings. The summed E-state index contributed by atoms with van der Waals surface area (Å²) in [6, 6.07) is 5.07. The molecule has 3 N–H and O–H groups in total. The van der Waals surface area contributed by atoms with E-state index in [-0.39, 0.29) is 24.4 Å². The lowest BCUT2D eigenvalue weighted by Gasteiger charge is -2.15. The Hall–Kier alpha value is -1.46. The van der Waals surface area contributed by atoms with E-state index in [1.807, 2.05) is 6.92 Å². The molecule has 6 heteroatoms. The van der Waals surface area contributed by atoms with Crippen LogP contribution in [0.1, 0.15) is 17.3 Å². The number of rotatable bonds is 5. The van der Waals surface area contributed by atoms with E-state index in [1.165, 1.54) is 14.2 Å². The zero-order valence-corrected chi connectivity index (χ0v) is 11.5. The van der Waals surface area contributed by atoms with Gasteiger partial charge in [0.2, 0.25) is 0 Å². The van der Waals surface area contributed by atoms with Crippen molar-refractivity contribution in [1.82, 2.24) is 5.32 Å². The zero-order chi connectivity index (χ0) is 12.8. The first kappa shape index (κ1) is 16.5. The van der Waals surface area contributed by atoms with Gasteiger partial charge in [-0.3, -0.25) is 4.79 Å². The van der Waals surface area contributed by atoms with Crippen LogP contribution in [0.4, 0.5) is 0 Å². The van der Waals surface area contributed by atoms with Crippen molar-refractivity contribution in [2.45, 2.75) is 13.0 Å². The normalized spacial score (nSPS) is 11.1. The van der Waals surface area contributed by atoms with Crippen LogP contribution >= 0.6 is 12.4 Å². The third-order valence-corrected chi connectivity index (χ3v) is 2.38. The van der Waals surface area contributed by atoms with E-state index in [0.717, 1.165) is 0 Å². The Kier molecular flexibility index (Phi) is 7.16. The highest BCUT2D eigenvalue weighted by Crippen LogP contribution is 2.30. The molecule has 1 aromatic carbocycles. The first-order chi connectivity index (χ1) is 8.13. The molecule has 0 fully saturated rings. The van der Waals surface area contributed by atoms with Crippen molar-refractivity contribution >= 4 is 18.3 Å². The Morgan fingerprint density at radius 2 is 2.06 bits per heavy atom. The molecule has 102 valence electrons. The summed E-state index contributed by atoms with van der Waals surface area (Å²) in [6.45, 7) is 2.22. The molecule has 0 saturated carbocycles. The van der Waals surface area contributed by atoms with Gasteiger partial charge in [-0.15, -0.1) is 12.4 Å². The minimum absolute atomic E-state index is 0. The lowest BCUT2D eigenvalue weighted by atomic mass is 10.1. The number of halogens is 1. The number of benzene rings is 1. The van der Waals surface area contributed by atoms with Crippen molar-refractivity contribution in [3.8, 4) is 11.5 Å². The lowest BCUT2D eigenvalue weighted by Crippen LogP contribution is -2.37. The topological polar surface area (TPSA) is 73.6 Å². The van der Waals surface area contributed by atoms with Crippen LogP contribution in [0.3, 0.4) is 0 Å². The van der Waals surface area contributed by atoms with Crippen molar-refractivity contribution < 1.29 is 14.3 Å². The SMILES string of the molecule is COc1cccc(C(=O)N[C@H](C)CN)c1OC.Cl. The molecule has 0 saturated heterocycles. The van der Waals surface area contributed by atoms with Gasteiger partial charge in [-0.05, 0) is 19.1 Å². The summed E-state index contributed by atoms with van der Waals surface area (Å²) >= 11 is 0. The van der Waals surface area contributed by atoms with Crippen LogP contribution in [0, 0.1) is 0 Å². The van der Waals surface area contributed by atoms with E-state index >= 15 is 0 Å². The molecule has 0 radical (unpaired) electrons. The third-order valence-electron chi connectivity index (χ3n) is 2.38. The number of carbonyl (C=O) groups is 1. The summed E-state index contributed by atoms with van der Waals surface area (Å²) in [4.78, 5) is 12.0. The second-order valence-electron chi connectivity index (χ2n) is 3.65. The maximum absolute atomic E-state index is 12.0. The quantitative estimate of drug-likeness (QED) is 0.846. The fourth-order valence-electron chi connectivity index (χ4n) is 1.43. The first-order valence-electron chi connectivity index (χ1n) is 5.36. The summed E-state index contributed by atoms with van der Waals surface area (Å²) < 4.78 is 10.3. The number of carbonyl (C=O) groups excluding carboxylic acids is 1. The summed E-state index contributed by atoms with van der Waals surface area (Å²) in [5, 5.41) is 2.77. The maximum Gasteiger partial charge on any atom is 0.255 e. The van der Waals surface area contributed by atoms with Crippen molar-refractivity contribution in [1.29, 1.82) is 0 Å². The molecule has 0 aliphatic carbocycles. The van der Waals surface area contributed by atoms with Gasteiger partial charge in [0, 0.05) is 12.6 Å². The van der Waals surface area contributed by atoms with Crippen LogP contribution in [0.25, 0.3) is 0 Å². The van der Waals surface area contributed by atoms with Crippen LogP contribution in [-0.2, 0) is 0 Å². The third kappa shape index (κ3) is 3.78. The monoisotopic (exact) mass is 274 g/mol. The van der Waals surface area contributed by atoms with Crippen LogP contribution < -0.4 is 20.5 Å². The number of amides is 1. The predicted molar refractivity (Wildman–Crippen MR) is 72.8 cm³/mol. The van der Waals surface area contributed by atoms with E-state index < -0.39 is 0 Å². The Balaban J connectivity index is 0.00000289. The minimum Gasteiger partial charge on any atom is -0.493 e. The second-order valence-corrected chi connectivity index (χ2v) is 3.65. The van der Waals surface area contributed by atoms with Gasteiger partial charge in [-0.2, -0.15) is 0 Å².